The van der Waals surface area contributed by atoms with Gasteiger partial charge in [-0.15, -0.1) is 0 Å². The third-order valence-corrected chi connectivity index (χ3v) is 8.12. The first-order valence-corrected chi connectivity index (χ1v) is 13.9. The fourth-order valence-corrected chi connectivity index (χ4v) is 6.20. The topological polar surface area (TPSA) is 110 Å². The van der Waals surface area contributed by atoms with Crippen molar-refractivity contribution >= 4 is 23.5 Å². The molecular formula is C28H42N4O7. The van der Waals surface area contributed by atoms with Gasteiger partial charge in [0, 0.05) is 45.0 Å². The van der Waals surface area contributed by atoms with Gasteiger partial charge in [-0.1, -0.05) is 6.42 Å². The molecule has 1 N–H and O–H groups in total. The molecule has 3 aliphatic rings. The number of hydrogen-bond donors (Lipinski definition) is 1. The summed E-state index contributed by atoms with van der Waals surface area (Å²) < 4.78 is 21.3. The lowest BCUT2D eigenvalue weighted by Gasteiger charge is -2.45. The van der Waals surface area contributed by atoms with E-state index in [4.69, 9.17) is 18.9 Å². The molecule has 4 amide bonds. The number of nitrogens with zero attached hydrogens (tertiary/aromatic N) is 3. The zero-order valence-corrected chi connectivity index (χ0v) is 23.6. The molecule has 0 radical (unpaired) electrons. The summed E-state index contributed by atoms with van der Waals surface area (Å²) in [7, 11) is 6.06. The monoisotopic (exact) mass is 546 g/mol. The average Bonchev–Trinajstić information content (AvgIpc) is 3.23. The average molecular weight is 547 g/mol. The van der Waals surface area contributed by atoms with E-state index in [0.717, 1.165) is 30.8 Å². The van der Waals surface area contributed by atoms with Crippen LogP contribution < -0.4 is 24.4 Å². The standard InChI is InChI=1S/C28H42N4O7/c1-36-14-8-13-31(18-19-9-7-12-30-11-6-5-10-22(19)30)25(33)17-21-27(34)32(28(35)29-21)20-15-23(37-2)26(39-4)24(16-20)38-3/h15-16,19,21-22H,5-14,17-18H2,1-4H3,(H,29,35)/t19-,21+,22-/m0/s1. The van der Waals surface area contributed by atoms with Gasteiger partial charge in [-0.25, -0.2) is 9.69 Å². The van der Waals surface area contributed by atoms with Crippen LogP contribution in [0.3, 0.4) is 0 Å². The third kappa shape index (κ3) is 6.41. The fourth-order valence-electron chi connectivity index (χ4n) is 6.20. The minimum Gasteiger partial charge on any atom is -0.493 e. The number of ether oxygens (including phenoxy) is 4. The molecule has 3 heterocycles. The molecule has 11 heteroatoms. The van der Waals surface area contributed by atoms with Gasteiger partial charge in [-0.2, -0.15) is 0 Å². The van der Waals surface area contributed by atoms with Crippen LogP contribution in [0.4, 0.5) is 10.5 Å². The van der Waals surface area contributed by atoms with Gasteiger partial charge in [0.05, 0.1) is 33.4 Å². The second-order valence-electron chi connectivity index (χ2n) is 10.5. The molecule has 3 saturated heterocycles. The number of fused-ring (bicyclic) bond motifs is 1. The van der Waals surface area contributed by atoms with Crippen LogP contribution in [-0.2, 0) is 14.3 Å². The summed E-state index contributed by atoms with van der Waals surface area (Å²) in [5, 5.41) is 2.70. The number of rotatable bonds is 12. The molecule has 0 saturated carbocycles. The summed E-state index contributed by atoms with van der Waals surface area (Å²) in [5.74, 6) is 0.782. The maximum absolute atomic E-state index is 13.6. The number of hydrogen-bond acceptors (Lipinski definition) is 8. The minimum absolute atomic E-state index is 0.0976. The number of nitrogens with one attached hydrogen (secondary N) is 1. The van der Waals surface area contributed by atoms with Crippen molar-refractivity contribution in [3.05, 3.63) is 12.1 Å². The maximum atomic E-state index is 13.6. The van der Waals surface area contributed by atoms with E-state index in [1.807, 2.05) is 4.90 Å². The molecule has 216 valence electrons. The zero-order valence-electron chi connectivity index (χ0n) is 23.6. The summed E-state index contributed by atoms with van der Waals surface area (Å²) >= 11 is 0. The van der Waals surface area contributed by atoms with E-state index < -0.39 is 18.0 Å². The Hall–Kier alpha value is -3.05. The van der Waals surface area contributed by atoms with Gasteiger partial charge >= 0.3 is 6.03 Å². The Balaban J connectivity index is 1.48. The predicted molar refractivity (Wildman–Crippen MR) is 146 cm³/mol. The van der Waals surface area contributed by atoms with Crippen LogP contribution in [0, 0.1) is 5.92 Å². The van der Waals surface area contributed by atoms with Gasteiger partial charge in [0.25, 0.3) is 5.91 Å². The molecule has 1 aromatic rings. The first-order valence-electron chi connectivity index (χ1n) is 13.9. The molecule has 0 bridgehead atoms. The summed E-state index contributed by atoms with van der Waals surface area (Å²) in [5.41, 5.74) is 0.276. The summed E-state index contributed by atoms with van der Waals surface area (Å²) in [4.78, 5) is 45.4. The molecule has 11 nitrogen and oxygen atoms in total. The van der Waals surface area contributed by atoms with Gasteiger partial charge < -0.3 is 34.1 Å². The Morgan fingerprint density at radius 1 is 1.00 bits per heavy atom. The Morgan fingerprint density at radius 3 is 2.38 bits per heavy atom. The van der Waals surface area contributed by atoms with E-state index in [2.05, 4.69) is 10.2 Å². The fraction of sp³-hybridized carbons (Fsp3) is 0.679. The molecule has 4 rings (SSSR count). The van der Waals surface area contributed by atoms with Crippen molar-refractivity contribution in [3.63, 3.8) is 0 Å². The highest BCUT2D eigenvalue weighted by Gasteiger charge is 2.42. The van der Waals surface area contributed by atoms with Crippen molar-refractivity contribution in [3.8, 4) is 17.2 Å². The van der Waals surface area contributed by atoms with Crippen molar-refractivity contribution in [2.45, 2.75) is 57.0 Å². The van der Waals surface area contributed by atoms with Crippen molar-refractivity contribution < 1.29 is 33.3 Å². The van der Waals surface area contributed by atoms with Gasteiger partial charge in [-0.3, -0.25) is 9.59 Å². The summed E-state index contributed by atoms with van der Waals surface area (Å²) in [6.45, 7) is 4.05. The number of anilines is 1. The molecule has 39 heavy (non-hydrogen) atoms. The molecule has 3 atom stereocenters. The summed E-state index contributed by atoms with van der Waals surface area (Å²) in [6.07, 6.45) is 6.50. The quantitative estimate of drug-likeness (QED) is 0.315. The van der Waals surface area contributed by atoms with Crippen molar-refractivity contribution in [1.29, 1.82) is 0 Å². The van der Waals surface area contributed by atoms with E-state index in [1.165, 1.54) is 40.6 Å². The number of imide groups is 1. The molecular weight excluding hydrogens is 504 g/mol. The number of amides is 4. The Labute approximate surface area is 230 Å². The molecule has 0 unspecified atom stereocenters. The molecule has 0 aliphatic carbocycles. The van der Waals surface area contributed by atoms with Crippen molar-refractivity contribution in [1.82, 2.24) is 15.1 Å². The highest BCUT2D eigenvalue weighted by Crippen LogP contribution is 2.41. The number of urea groups is 1. The molecule has 0 aromatic heterocycles. The van der Waals surface area contributed by atoms with Gasteiger partial charge in [0.1, 0.15) is 6.04 Å². The van der Waals surface area contributed by atoms with Crippen molar-refractivity contribution in [2.75, 3.05) is 66.1 Å². The van der Waals surface area contributed by atoms with Crippen LogP contribution in [0.5, 0.6) is 17.2 Å². The number of carbonyl (C=O) groups excluding carboxylic acids is 3. The predicted octanol–water partition coefficient (Wildman–Crippen LogP) is 2.66. The Bertz CT molecular complexity index is 1010. The van der Waals surface area contributed by atoms with E-state index >= 15 is 0 Å². The molecule has 1 aromatic carbocycles. The second-order valence-corrected chi connectivity index (χ2v) is 10.5. The highest BCUT2D eigenvalue weighted by molar-refractivity contribution is 6.22. The van der Waals surface area contributed by atoms with E-state index in [0.29, 0.717) is 55.3 Å². The minimum atomic E-state index is -0.952. The Kier molecular flexibility index (Phi) is 9.90. The second kappa shape index (κ2) is 13.3. The zero-order chi connectivity index (χ0) is 27.9. The van der Waals surface area contributed by atoms with Crippen LogP contribution in [0.1, 0.15) is 44.9 Å². The van der Waals surface area contributed by atoms with Gasteiger partial charge in [0.15, 0.2) is 11.5 Å². The SMILES string of the molecule is COCCCN(C[C@@H]1CCCN2CCCC[C@@H]12)C(=O)C[C@H]1NC(=O)N(c2cc(OC)c(OC)c(OC)c2)C1=O. The van der Waals surface area contributed by atoms with Gasteiger partial charge in [-0.05, 0) is 51.1 Å². The highest BCUT2D eigenvalue weighted by atomic mass is 16.5. The van der Waals surface area contributed by atoms with Crippen LogP contribution in [-0.4, -0.2) is 101 Å². The number of methoxy groups -OCH3 is 4. The molecule has 3 aliphatic heterocycles. The van der Waals surface area contributed by atoms with E-state index in [-0.39, 0.29) is 18.0 Å². The smallest absolute Gasteiger partial charge is 0.329 e. The molecule has 3 fully saturated rings. The van der Waals surface area contributed by atoms with E-state index in [1.54, 1.807) is 19.2 Å². The first kappa shape index (κ1) is 28.9. The lowest BCUT2D eigenvalue weighted by Crippen LogP contribution is -2.52. The normalized spacial score (nSPS) is 23.3. The van der Waals surface area contributed by atoms with Crippen LogP contribution in [0.2, 0.25) is 0 Å². The van der Waals surface area contributed by atoms with Crippen LogP contribution >= 0.6 is 0 Å². The lowest BCUT2D eigenvalue weighted by atomic mass is 9.83. The third-order valence-electron chi connectivity index (χ3n) is 8.12. The molecule has 0 spiro atoms. The van der Waals surface area contributed by atoms with Gasteiger partial charge in [0.2, 0.25) is 11.7 Å². The summed E-state index contributed by atoms with van der Waals surface area (Å²) in [6, 6.07) is 2.04. The number of carbonyl (C=O) groups is 3. The van der Waals surface area contributed by atoms with Crippen molar-refractivity contribution in [2.24, 2.45) is 5.92 Å². The number of benzene rings is 1. The largest absolute Gasteiger partial charge is 0.493 e. The first-order chi connectivity index (χ1) is 18.9. The number of piperidine rings is 2. The Morgan fingerprint density at radius 2 is 1.72 bits per heavy atom. The van der Waals surface area contributed by atoms with Crippen LogP contribution in [0.15, 0.2) is 12.1 Å². The lowest BCUT2D eigenvalue weighted by molar-refractivity contribution is -0.135. The maximum Gasteiger partial charge on any atom is 0.329 e. The van der Waals surface area contributed by atoms with Crippen LogP contribution in [0.25, 0.3) is 0 Å². The van der Waals surface area contributed by atoms with E-state index in [9.17, 15) is 14.4 Å².